The van der Waals surface area contributed by atoms with Gasteiger partial charge in [-0.3, -0.25) is 9.69 Å². The molecule has 2 aliphatic rings. The monoisotopic (exact) mass is 300 g/mol. The molecule has 120 valence electrons. The summed E-state index contributed by atoms with van der Waals surface area (Å²) >= 11 is 0. The number of carbonyl (C=O) groups is 1. The van der Waals surface area contributed by atoms with E-state index in [0.29, 0.717) is 6.04 Å². The lowest BCUT2D eigenvalue weighted by Crippen LogP contribution is -2.51. The minimum Gasteiger partial charge on any atom is -0.352 e. The molecule has 3 rings (SSSR count). The second-order valence-corrected chi connectivity index (χ2v) is 6.76. The summed E-state index contributed by atoms with van der Waals surface area (Å²) in [6.45, 7) is 4.03. The lowest BCUT2D eigenvalue weighted by Gasteiger charge is -2.35. The predicted octanol–water partition coefficient (Wildman–Crippen LogP) is 3.27. The van der Waals surface area contributed by atoms with Crippen molar-refractivity contribution in [3.05, 3.63) is 35.4 Å². The van der Waals surface area contributed by atoms with Crippen LogP contribution in [-0.2, 0) is 17.8 Å². The second-order valence-electron chi connectivity index (χ2n) is 6.76. The molecule has 1 N–H and O–H groups in total. The fraction of sp³-hybridized carbons (Fsp3) is 0.632. The van der Waals surface area contributed by atoms with Crippen molar-refractivity contribution in [2.45, 2.75) is 70.5 Å². The average Bonchev–Trinajstić information content (AvgIpc) is 2.56. The summed E-state index contributed by atoms with van der Waals surface area (Å²) < 4.78 is 0. The highest BCUT2D eigenvalue weighted by Crippen LogP contribution is 2.22. The van der Waals surface area contributed by atoms with E-state index in [4.69, 9.17) is 0 Å². The standard InChI is InChI=1S/C19H28N2O/c1-2-18(19(22)20-17-10-4-3-5-11-17)21-13-12-15-8-6-7-9-16(15)14-21/h6-9,17-18H,2-5,10-14H2,1H3,(H,20,22)/t18-/m0/s1. The van der Waals surface area contributed by atoms with E-state index in [1.54, 1.807) is 0 Å². The summed E-state index contributed by atoms with van der Waals surface area (Å²) in [6.07, 6.45) is 8.12. The van der Waals surface area contributed by atoms with Crippen LogP contribution in [0, 0.1) is 0 Å². The molecule has 1 aromatic carbocycles. The highest BCUT2D eigenvalue weighted by Gasteiger charge is 2.28. The van der Waals surface area contributed by atoms with Gasteiger partial charge in [0, 0.05) is 19.1 Å². The first-order chi connectivity index (χ1) is 10.8. The first kappa shape index (κ1) is 15.5. The topological polar surface area (TPSA) is 32.3 Å². The van der Waals surface area contributed by atoms with E-state index in [2.05, 4.69) is 41.4 Å². The molecule has 1 fully saturated rings. The number of rotatable bonds is 4. The minimum atomic E-state index is 0.0234. The number of benzene rings is 1. The molecule has 0 saturated heterocycles. The summed E-state index contributed by atoms with van der Waals surface area (Å²) in [7, 11) is 0. The van der Waals surface area contributed by atoms with Crippen molar-refractivity contribution in [2.75, 3.05) is 6.54 Å². The minimum absolute atomic E-state index is 0.0234. The van der Waals surface area contributed by atoms with Crippen molar-refractivity contribution in [3.8, 4) is 0 Å². The van der Waals surface area contributed by atoms with E-state index >= 15 is 0 Å². The zero-order chi connectivity index (χ0) is 15.4. The Labute approximate surface area is 134 Å². The highest BCUT2D eigenvalue weighted by molar-refractivity contribution is 5.82. The van der Waals surface area contributed by atoms with E-state index < -0.39 is 0 Å². The number of carbonyl (C=O) groups excluding carboxylic acids is 1. The van der Waals surface area contributed by atoms with Gasteiger partial charge in [-0.25, -0.2) is 0 Å². The molecule has 0 spiro atoms. The van der Waals surface area contributed by atoms with E-state index in [9.17, 15) is 4.79 Å². The smallest absolute Gasteiger partial charge is 0.237 e. The normalized spacial score (nSPS) is 21.1. The Kier molecular flexibility index (Phi) is 5.14. The molecule has 3 nitrogen and oxygen atoms in total. The zero-order valence-electron chi connectivity index (χ0n) is 13.7. The Morgan fingerprint density at radius 2 is 1.95 bits per heavy atom. The van der Waals surface area contributed by atoms with Gasteiger partial charge < -0.3 is 5.32 Å². The SMILES string of the molecule is CC[C@@H](C(=O)NC1CCCCC1)N1CCc2ccccc2C1. The molecule has 0 aromatic heterocycles. The summed E-state index contributed by atoms with van der Waals surface area (Å²) in [4.78, 5) is 15.1. The number of hydrogen-bond donors (Lipinski definition) is 1. The molecule has 1 saturated carbocycles. The van der Waals surface area contributed by atoms with Gasteiger partial charge in [-0.05, 0) is 36.8 Å². The molecule has 1 atom stereocenters. The molecule has 22 heavy (non-hydrogen) atoms. The fourth-order valence-electron chi connectivity index (χ4n) is 3.94. The maximum absolute atomic E-state index is 12.7. The Hall–Kier alpha value is -1.35. The third-order valence-corrected chi connectivity index (χ3v) is 5.24. The lowest BCUT2D eigenvalue weighted by atomic mass is 9.94. The Morgan fingerprint density at radius 3 is 2.68 bits per heavy atom. The van der Waals surface area contributed by atoms with Crippen molar-refractivity contribution in [3.63, 3.8) is 0 Å². The van der Waals surface area contributed by atoms with E-state index in [1.165, 1.54) is 30.4 Å². The van der Waals surface area contributed by atoms with Gasteiger partial charge >= 0.3 is 0 Å². The number of hydrogen-bond acceptors (Lipinski definition) is 2. The summed E-state index contributed by atoms with van der Waals surface area (Å²) in [5.74, 6) is 0.244. The van der Waals surface area contributed by atoms with Crippen LogP contribution in [0.15, 0.2) is 24.3 Å². The van der Waals surface area contributed by atoms with Gasteiger partial charge in [-0.2, -0.15) is 0 Å². The van der Waals surface area contributed by atoms with Crippen LogP contribution in [0.3, 0.4) is 0 Å². The van der Waals surface area contributed by atoms with Crippen molar-refractivity contribution in [1.82, 2.24) is 10.2 Å². The van der Waals surface area contributed by atoms with E-state index in [0.717, 1.165) is 38.8 Å². The second kappa shape index (κ2) is 7.28. The van der Waals surface area contributed by atoms with Crippen LogP contribution in [0.25, 0.3) is 0 Å². The Bertz CT molecular complexity index is 508. The van der Waals surface area contributed by atoms with E-state index in [-0.39, 0.29) is 11.9 Å². The average molecular weight is 300 g/mol. The van der Waals surface area contributed by atoms with Crippen molar-refractivity contribution in [2.24, 2.45) is 0 Å². The predicted molar refractivity (Wildman–Crippen MR) is 89.7 cm³/mol. The van der Waals surface area contributed by atoms with Gasteiger partial charge in [0.2, 0.25) is 5.91 Å². The summed E-state index contributed by atoms with van der Waals surface area (Å²) in [6, 6.07) is 9.07. The largest absolute Gasteiger partial charge is 0.352 e. The van der Waals surface area contributed by atoms with Gasteiger partial charge in [0.05, 0.1) is 6.04 Å². The molecule has 1 aliphatic heterocycles. The highest BCUT2D eigenvalue weighted by atomic mass is 16.2. The third-order valence-electron chi connectivity index (χ3n) is 5.24. The molecular formula is C19H28N2O. The van der Waals surface area contributed by atoms with Gasteiger partial charge in [0.1, 0.15) is 0 Å². The van der Waals surface area contributed by atoms with Crippen LogP contribution in [0.4, 0.5) is 0 Å². The van der Waals surface area contributed by atoms with Crippen LogP contribution in [0.5, 0.6) is 0 Å². The Morgan fingerprint density at radius 1 is 1.23 bits per heavy atom. The molecule has 1 aliphatic carbocycles. The third kappa shape index (κ3) is 3.52. The molecule has 3 heteroatoms. The summed E-state index contributed by atoms with van der Waals surface area (Å²) in [5.41, 5.74) is 2.83. The molecule has 0 radical (unpaired) electrons. The molecule has 0 bridgehead atoms. The van der Waals surface area contributed by atoms with Crippen molar-refractivity contribution >= 4 is 5.91 Å². The van der Waals surface area contributed by atoms with Gasteiger partial charge in [0.15, 0.2) is 0 Å². The molecule has 1 heterocycles. The van der Waals surface area contributed by atoms with Gasteiger partial charge in [-0.15, -0.1) is 0 Å². The number of nitrogens with zero attached hydrogens (tertiary/aromatic N) is 1. The Balaban J connectivity index is 1.62. The van der Waals surface area contributed by atoms with Crippen molar-refractivity contribution in [1.29, 1.82) is 0 Å². The molecule has 1 aromatic rings. The van der Waals surface area contributed by atoms with Crippen LogP contribution < -0.4 is 5.32 Å². The van der Waals surface area contributed by atoms with Gasteiger partial charge in [0.25, 0.3) is 0 Å². The summed E-state index contributed by atoms with van der Waals surface area (Å²) in [5, 5.41) is 3.31. The molecular weight excluding hydrogens is 272 g/mol. The van der Waals surface area contributed by atoms with Crippen LogP contribution in [-0.4, -0.2) is 29.4 Å². The first-order valence-corrected chi connectivity index (χ1v) is 8.89. The number of fused-ring (bicyclic) bond motifs is 1. The number of nitrogens with one attached hydrogen (secondary N) is 1. The van der Waals surface area contributed by atoms with Crippen LogP contribution in [0.1, 0.15) is 56.6 Å². The lowest BCUT2D eigenvalue weighted by molar-refractivity contribution is -0.128. The zero-order valence-corrected chi connectivity index (χ0v) is 13.7. The first-order valence-electron chi connectivity index (χ1n) is 8.89. The molecule has 1 amide bonds. The maximum atomic E-state index is 12.7. The van der Waals surface area contributed by atoms with E-state index in [1.807, 2.05) is 0 Å². The maximum Gasteiger partial charge on any atom is 0.237 e. The molecule has 0 unspecified atom stereocenters. The van der Waals surface area contributed by atoms with Crippen LogP contribution in [0.2, 0.25) is 0 Å². The number of amides is 1. The van der Waals surface area contributed by atoms with Crippen molar-refractivity contribution < 1.29 is 4.79 Å². The fourth-order valence-corrected chi connectivity index (χ4v) is 3.94. The van der Waals surface area contributed by atoms with Gasteiger partial charge in [-0.1, -0.05) is 50.5 Å². The van der Waals surface area contributed by atoms with Crippen LogP contribution >= 0.6 is 0 Å². The quantitative estimate of drug-likeness (QED) is 0.925.